The fourth-order valence-corrected chi connectivity index (χ4v) is 3.43. The number of thioether (sulfide) groups is 1. The third-order valence-corrected chi connectivity index (χ3v) is 4.72. The lowest BCUT2D eigenvalue weighted by molar-refractivity contribution is -0.138. The van der Waals surface area contributed by atoms with Crippen molar-refractivity contribution in [2.24, 2.45) is 0 Å². The van der Waals surface area contributed by atoms with E-state index in [0.29, 0.717) is 5.25 Å². The predicted octanol–water partition coefficient (Wildman–Crippen LogP) is 2.81. The number of rotatable bonds is 4. The zero-order valence-corrected chi connectivity index (χ0v) is 12.3. The quantitative estimate of drug-likeness (QED) is 0.920. The molecule has 0 radical (unpaired) electrons. The summed E-state index contributed by atoms with van der Waals surface area (Å²) in [6, 6.07) is 7.99. The molecular weight excluding hydrogens is 258 g/mol. The van der Waals surface area contributed by atoms with E-state index in [2.05, 4.69) is 24.0 Å². The topological polar surface area (TPSA) is 40.5 Å². The maximum Gasteiger partial charge on any atom is 0.310 e. The largest absolute Gasteiger partial charge is 0.481 e. The number of carbonyl (C=O) groups is 1. The van der Waals surface area contributed by atoms with E-state index in [9.17, 15) is 4.79 Å². The van der Waals surface area contributed by atoms with Crippen LogP contribution in [-0.2, 0) is 11.3 Å². The normalized spacial score (nSPS) is 22.1. The van der Waals surface area contributed by atoms with Crippen LogP contribution in [0.3, 0.4) is 0 Å². The van der Waals surface area contributed by atoms with Crippen molar-refractivity contribution in [3.63, 3.8) is 0 Å². The Morgan fingerprint density at radius 3 is 2.74 bits per heavy atom. The van der Waals surface area contributed by atoms with E-state index in [0.717, 1.165) is 25.2 Å². The number of carboxylic acids is 1. The first-order valence-corrected chi connectivity index (χ1v) is 7.76. The van der Waals surface area contributed by atoms with Gasteiger partial charge in [0, 0.05) is 30.6 Å². The molecule has 0 amide bonds. The van der Waals surface area contributed by atoms with Gasteiger partial charge in [-0.15, -0.1) is 0 Å². The van der Waals surface area contributed by atoms with Crippen molar-refractivity contribution in [1.82, 2.24) is 4.90 Å². The van der Waals surface area contributed by atoms with Crippen LogP contribution in [0.5, 0.6) is 0 Å². The molecule has 1 aliphatic heterocycles. The van der Waals surface area contributed by atoms with Crippen molar-refractivity contribution in [2.45, 2.75) is 31.6 Å². The van der Waals surface area contributed by atoms with Crippen LogP contribution in [0, 0.1) is 0 Å². The molecule has 104 valence electrons. The standard InChI is InChI=1S/C15H21NO2S/c1-11-9-16(7-8-19-11)10-13-3-5-14(6-4-13)12(2)15(17)18/h3-6,11-12H,7-10H2,1-2H3,(H,17,18). The molecule has 0 bridgehead atoms. The molecule has 1 aliphatic rings. The molecule has 1 aromatic rings. The van der Waals surface area contributed by atoms with Gasteiger partial charge in [0.1, 0.15) is 0 Å². The van der Waals surface area contributed by atoms with E-state index in [-0.39, 0.29) is 0 Å². The number of hydrogen-bond acceptors (Lipinski definition) is 3. The van der Waals surface area contributed by atoms with Gasteiger partial charge in [-0.25, -0.2) is 0 Å². The van der Waals surface area contributed by atoms with Gasteiger partial charge in [-0.1, -0.05) is 31.2 Å². The lowest BCUT2D eigenvalue weighted by Crippen LogP contribution is -2.35. The van der Waals surface area contributed by atoms with Gasteiger partial charge < -0.3 is 5.11 Å². The Labute approximate surface area is 119 Å². The molecule has 19 heavy (non-hydrogen) atoms. The zero-order chi connectivity index (χ0) is 13.8. The molecule has 1 saturated heterocycles. The number of nitrogens with zero attached hydrogens (tertiary/aromatic N) is 1. The van der Waals surface area contributed by atoms with Gasteiger partial charge in [-0.05, 0) is 18.1 Å². The Bertz CT molecular complexity index is 432. The molecule has 0 aliphatic carbocycles. The maximum atomic E-state index is 10.9. The summed E-state index contributed by atoms with van der Waals surface area (Å²) >= 11 is 2.04. The second-order valence-corrected chi connectivity index (χ2v) is 6.76. The highest BCUT2D eigenvalue weighted by atomic mass is 32.2. The van der Waals surface area contributed by atoms with Crippen LogP contribution < -0.4 is 0 Å². The molecule has 1 fully saturated rings. The zero-order valence-electron chi connectivity index (χ0n) is 11.5. The van der Waals surface area contributed by atoms with Crippen LogP contribution in [-0.4, -0.2) is 40.1 Å². The minimum atomic E-state index is -0.769. The summed E-state index contributed by atoms with van der Waals surface area (Å²) in [6.45, 7) is 7.24. The second kappa shape index (κ2) is 6.44. The molecule has 0 spiro atoms. The van der Waals surface area contributed by atoms with Gasteiger partial charge in [-0.2, -0.15) is 11.8 Å². The summed E-state index contributed by atoms with van der Waals surface area (Å²) in [7, 11) is 0. The summed E-state index contributed by atoms with van der Waals surface area (Å²) < 4.78 is 0. The first kappa shape index (κ1) is 14.4. The molecule has 1 aromatic carbocycles. The molecule has 2 atom stereocenters. The third-order valence-electron chi connectivity index (χ3n) is 3.58. The average molecular weight is 279 g/mol. The van der Waals surface area contributed by atoms with Crippen LogP contribution in [0.4, 0.5) is 0 Å². The first-order chi connectivity index (χ1) is 9.06. The van der Waals surface area contributed by atoms with Crippen LogP contribution in [0.2, 0.25) is 0 Å². The van der Waals surface area contributed by atoms with Gasteiger partial charge >= 0.3 is 5.97 Å². The van der Waals surface area contributed by atoms with Crippen molar-refractivity contribution in [3.05, 3.63) is 35.4 Å². The third kappa shape index (κ3) is 3.98. The van der Waals surface area contributed by atoms with Crippen molar-refractivity contribution in [3.8, 4) is 0 Å². The Morgan fingerprint density at radius 2 is 2.16 bits per heavy atom. The highest BCUT2D eigenvalue weighted by Crippen LogP contribution is 2.21. The molecule has 1 N–H and O–H groups in total. The molecule has 4 heteroatoms. The molecule has 0 aromatic heterocycles. The summed E-state index contributed by atoms with van der Waals surface area (Å²) in [5, 5.41) is 9.69. The number of carboxylic acid groups (broad SMARTS) is 1. The lowest BCUT2D eigenvalue weighted by Gasteiger charge is -2.30. The minimum absolute atomic E-state index is 0.430. The molecule has 2 unspecified atom stereocenters. The van der Waals surface area contributed by atoms with E-state index in [1.165, 1.54) is 11.3 Å². The fourth-order valence-electron chi connectivity index (χ4n) is 2.35. The highest BCUT2D eigenvalue weighted by Gasteiger charge is 2.17. The summed E-state index contributed by atoms with van der Waals surface area (Å²) in [6.07, 6.45) is 0. The van der Waals surface area contributed by atoms with Gasteiger partial charge in [0.2, 0.25) is 0 Å². The van der Waals surface area contributed by atoms with Crippen molar-refractivity contribution < 1.29 is 9.90 Å². The Morgan fingerprint density at radius 1 is 1.47 bits per heavy atom. The van der Waals surface area contributed by atoms with Gasteiger partial charge in [0.05, 0.1) is 5.92 Å². The minimum Gasteiger partial charge on any atom is -0.481 e. The summed E-state index contributed by atoms with van der Waals surface area (Å²) in [4.78, 5) is 13.4. The number of hydrogen-bond donors (Lipinski definition) is 1. The highest BCUT2D eigenvalue weighted by molar-refractivity contribution is 7.99. The van der Waals surface area contributed by atoms with E-state index in [1.807, 2.05) is 23.9 Å². The molecule has 0 saturated carbocycles. The van der Waals surface area contributed by atoms with Crippen LogP contribution >= 0.6 is 11.8 Å². The van der Waals surface area contributed by atoms with E-state index in [4.69, 9.17) is 5.11 Å². The van der Waals surface area contributed by atoms with Crippen molar-refractivity contribution >= 4 is 17.7 Å². The fraction of sp³-hybridized carbons (Fsp3) is 0.533. The Hall–Kier alpha value is -1.00. The average Bonchev–Trinajstić information content (AvgIpc) is 2.39. The summed E-state index contributed by atoms with van der Waals surface area (Å²) in [5.74, 6) is 0.00468. The first-order valence-electron chi connectivity index (χ1n) is 6.72. The van der Waals surface area contributed by atoms with Crippen molar-refractivity contribution in [1.29, 1.82) is 0 Å². The maximum absolute atomic E-state index is 10.9. The molecule has 1 heterocycles. The van der Waals surface area contributed by atoms with Gasteiger partial charge in [-0.3, -0.25) is 9.69 Å². The Balaban J connectivity index is 1.96. The van der Waals surface area contributed by atoms with Crippen LogP contribution in [0.25, 0.3) is 0 Å². The van der Waals surface area contributed by atoms with Gasteiger partial charge in [0.25, 0.3) is 0 Å². The van der Waals surface area contributed by atoms with E-state index >= 15 is 0 Å². The number of aliphatic carboxylic acids is 1. The smallest absolute Gasteiger partial charge is 0.310 e. The van der Waals surface area contributed by atoms with E-state index < -0.39 is 11.9 Å². The SMILES string of the molecule is CC1CN(Cc2ccc(C(C)C(=O)O)cc2)CCS1. The Kier molecular flexibility index (Phi) is 4.88. The van der Waals surface area contributed by atoms with Crippen LogP contribution in [0.1, 0.15) is 30.9 Å². The van der Waals surface area contributed by atoms with Crippen LogP contribution in [0.15, 0.2) is 24.3 Å². The van der Waals surface area contributed by atoms with Crippen molar-refractivity contribution in [2.75, 3.05) is 18.8 Å². The lowest BCUT2D eigenvalue weighted by atomic mass is 10.00. The molecular formula is C15H21NO2S. The predicted molar refractivity (Wildman–Crippen MR) is 79.7 cm³/mol. The number of benzene rings is 1. The molecule has 3 nitrogen and oxygen atoms in total. The summed E-state index contributed by atoms with van der Waals surface area (Å²) in [5.41, 5.74) is 2.14. The monoisotopic (exact) mass is 279 g/mol. The van der Waals surface area contributed by atoms with Gasteiger partial charge in [0.15, 0.2) is 0 Å². The second-order valence-electron chi connectivity index (χ2n) is 5.22. The molecule has 2 rings (SSSR count). The van der Waals surface area contributed by atoms with E-state index in [1.54, 1.807) is 6.92 Å².